The number of amides is 1. The number of benzene rings is 2. The van der Waals surface area contributed by atoms with Crippen LogP contribution in [0.25, 0.3) is 11.4 Å². The number of nitrogens with one attached hydrogen (secondary N) is 1. The fourth-order valence-corrected chi connectivity index (χ4v) is 3.51. The Morgan fingerprint density at radius 2 is 1.62 bits per heavy atom. The highest BCUT2D eigenvalue weighted by molar-refractivity contribution is 9.10. The van der Waals surface area contributed by atoms with Gasteiger partial charge in [-0.25, -0.2) is 0 Å². The largest absolute Gasteiger partial charge is 0.493 e. The minimum atomic E-state index is -0.221. The average molecular weight is 506 g/mol. The molecule has 1 amide bonds. The third kappa shape index (κ3) is 5.47. The Bertz CT molecular complexity index is 1090. The SMILES string of the molecule is COc1ccc(CCNC(=O)Cn2nnc(-c3cc(OC)c(OC)cc3Br)n2)cc1OC. The summed E-state index contributed by atoms with van der Waals surface area (Å²) in [5, 5.41) is 15.2. The summed E-state index contributed by atoms with van der Waals surface area (Å²) in [4.78, 5) is 13.5. The molecule has 0 spiro atoms. The number of methoxy groups -OCH3 is 4. The van der Waals surface area contributed by atoms with Crippen LogP contribution in [0, 0.1) is 0 Å². The van der Waals surface area contributed by atoms with Crippen LogP contribution in [0.3, 0.4) is 0 Å². The van der Waals surface area contributed by atoms with Gasteiger partial charge in [0.2, 0.25) is 11.7 Å². The van der Waals surface area contributed by atoms with Crippen molar-refractivity contribution in [1.29, 1.82) is 0 Å². The molecule has 0 atom stereocenters. The van der Waals surface area contributed by atoms with Crippen molar-refractivity contribution in [2.75, 3.05) is 35.0 Å². The standard InChI is InChI=1S/C21H24BrN5O5/c1-29-16-6-5-13(9-17(16)30-2)7-8-23-20(28)12-27-25-21(24-26-27)14-10-18(31-3)19(32-4)11-15(14)22/h5-6,9-11H,7-8,12H2,1-4H3,(H,23,28). The fraction of sp³-hybridized carbons (Fsp3) is 0.333. The maximum absolute atomic E-state index is 12.3. The highest BCUT2D eigenvalue weighted by Crippen LogP contribution is 2.37. The van der Waals surface area contributed by atoms with Gasteiger partial charge in [-0.15, -0.1) is 10.2 Å². The van der Waals surface area contributed by atoms with Gasteiger partial charge in [-0.2, -0.15) is 4.80 Å². The van der Waals surface area contributed by atoms with Crippen molar-refractivity contribution in [2.45, 2.75) is 13.0 Å². The summed E-state index contributed by atoms with van der Waals surface area (Å²) in [6.45, 7) is 0.404. The molecule has 11 heteroatoms. The number of halogens is 1. The quantitative estimate of drug-likeness (QED) is 0.447. The van der Waals surface area contributed by atoms with E-state index in [9.17, 15) is 4.79 Å². The molecule has 0 unspecified atom stereocenters. The van der Waals surface area contributed by atoms with Gasteiger partial charge in [0.05, 0.1) is 28.4 Å². The van der Waals surface area contributed by atoms with Crippen LogP contribution in [0.5, 0.6) is 23.0 Å². The number of rotatable bonds is 10. The number of ether oxygens (including phenoxy) is 4. The van der Waals surface area contributed by atoms with Crippen molar-refractivity contribution in [3.8, 4) is 34.4 Å². The molecule has 10 nitrogen and oxygen atoms in total. The molecule has 2 aromatic carbocycles. The van der Waals surface area contributed by atoms with E-state index < -0.39 is 0 Å². The van der Waals surface area contributed by atoms with E-state index in [2.05, 4.69) is 36.7 Å². The third-order valence-corrected chi connectivity index (χ3v) is 5.29. The van der Waals surface area contributed by atoms with Crippen LogP contribution in [0.2, 0.25) is 0 Å². The first kappa shape index (κ1) is 23.3. The van der Waals surface area contributed by atoms with E-state index in [1.165, 1.54) is 4.80 Å². The Kier molecular flexibility index (Phi) is 7.87. The topological polar surface area (TPSA) is 110 Å². The summed E-state index contributed by atoms with van der Waals surface area (Å²) in [6, 6.07) is 9.16. The molecule has 0 bridgehead atoms. The van der Waals surface area contributed by atoms with Crippen LogP contribution in [0.15, 0.2) is 34.8 Å². The zero-order chi connectivity index (χ0) is 23.1. The minimum absolute atomic E-state index is 0.0517. The molecule has 3 rings (SSSR count). The molecule has 32 heavy (non-hydrogen) atoms. The molecule has 1 N–H and O–H groups in total. The molecule has 0 radical (unpaired) electrons. The summed E-state index contributed by atoms with van der Waals surface area (Å²) >= 11 is 3.48. The Morgan fingerprint density at radius 1 is 0.969 bits per heavy atom. The number of hydrogen-bond donors (Lipinski definition) is 1. The van der Waals surface area contributed by atoms with Crippen molar-refractivity contribution < 1.29 is 23.7 Å². The van der Waals surface area contributed by atoms with E-state index in [0.29, 0.717) is 51.8 Å². The van der Waals surface area contributed by atoms with E-state index >= 15 is 0 Å². The van der Waals surface area contributed by atoms with Gasteiger partial charge in [0.25, 0.3) is 0 Å². The van der Waals surface area contributed by atoms with Gasteiger partial charge < -0.3 is 24.3 Å². The molecule has 0 aliphatic rings. The number of tetrazole rings is 1. The van der Waals surface area contributed by atoms with E-state index in [0.717, 1.165) is 5.56 Å². The molecule has 0 aliphatic carbocycles. The summed E-state index contributed by atoms with van der Waals surface area (Å²) in [5.41, 5.74) is 1.69. The van der Waals surface area contributed by atoms with Crippen LogP contribution in [-0.2, 0) is 17.8 Å². The van der Waals surface area contributed by atoms with Crippen molar-refractivity contribution >= 4 is 21.8 Å². The third-order valence-electron chi connectivity index (χ3n) is 4.64. The Labute approximate surface area is 193 Å². The van der Waals surface area contributed by atoms with Gasteiger partial charge in [-0.3, -0.25) is 4.79 Å². The zero-order valence-electron chi connectivity index (χ0n) is 18.2. The molecule has 0 saturated carbocycles. The van der Waals surface area contributed by atoms with Crippen LogP contribution >= 0.6 is 15.9 Å². The summed E-state index contributed by atoms with van der Waals surface area (Å²) < 4.78 is 21.9. The number of nitrogens with zero attached hydrogens (tertiary/aromatic N) is 4. The smallest absolute Gasteiger partial charge is 0.243 e. The van der Waals surface area contributed by atoms with Crippen LogP contribution in [-0.4, -0.2) is 61.1 Å². The highest BCUT2D eigenvalue weighted by atomic mass is 79.9. The summed E-state index contributed by atoms with van der Waals surface area (Å²) in [5.74, 6) is 2.56. The van der Waals surface area contributed by atoms with E-state index in [-0.39, 0.29) is 12.5 Å². The van der Waals surface area contributed by atoms with E-state index in [1.54, 1.807) is 40.6 Å². The number of aromatic nitrogens is 4. The first-order chi connectivity index (χ1) is 15.5. The summed E-state index contributed by atoms with van der Waals surface area (Å²) in [6.07, 6.45) is 0.640. The van der Waals surface area contributed by atoms with Crippen molar-refractivity contribution in [2.24, 2.45) is 0 Å². The van der Waals surface area contributed by atoms with Gasteiger partial charge >= 0.3 is 0 Å². The maximum Gasteiger partial charge on any atom is 0.243 e. The number of carbonyl (C=O) groups is 1. The fourth-order valence-electron chi connectivity index (χ4n) is 3.01. The normalized spacial score (nSPS) is 10.5. The number of carbonyl (C=O) groups excluding carboxylic acids is 1. The first-order valence-corrected chi connectivity index (χ1v) is 10.5. The van der Waals surface area contributed by atoms with E-state index in [1.807, 2.05) is 18.2 Å². The molecule has 170 valence electrons. The molecule has 0 saturated heterocycles. The molecule has 0 aliphatic heterocycles. The minimum Gasteiger partial charge on any atom is -0.493 e. The summed E-state index contributed by atoms with van der Waals surface area (Å²) in [7, 11) is 6.28. The molecule has 3 aromatic rings. The number of hydrogen-bond acceptors (Lipinski definition) is 8. The molecular weight excluding hydrogens is 482 g/mol. The maximum atomic E-state index is 12.3. The van der Waals surface area contributed by atoms with Gasteiger partial charge in [0.15, 0.2) is 23.0 Å². The van der Waals surface area contributed by atoms with Crippen LogP contribution in [0.1, 0.15) is 5.56 Å². The van der Waals surface area contributed by atoms with E-state index in [4.69, 9.17) is 18.9 Å². The Balaban J connectivity index is 1.58. The molecule has 1 aromatic heterocycles. The van der Waals surface area contributed by atoms with Crippen LogP contribution in [0.4, 0.5) is 0 Å². The average Bonchev–Trinajstić information content (AvgIpc) is 3.26. The second-order valence-electron chi connectivity index (χ2n) is 6.62. The lowest BCUT2D eigenvalue weighted by Gasteiger charge is -2.10. The molecule has 1 heterocycles. The lowest BCUT2D eigenvalue weighted by atomic mass is 10.1. The lowest BCUT2D eigenvalue weighted by Crippen LogP contribution is -2.30. The monoisotopic (exact) mass is 505 g/mol. The molecular formula is C21H24BrN5O5. The second-order valence-corrected chi connectivity index (χ2v) is 7.47. The molecule has 0 fully saturated rings. The zero-order valence-corrected chi connectivity index (χ0v) is 19.8. The Morgan fingerprint density at radius 3 is 2.31 bits per heavy atom. The van der Waals surface area contributed by atoms with Gasteiger partial charge in [0, 0.05) is 16.6 Å². The van der Waals surface area contributed by atoms with Crippen molar-refractivity contribution in [1.82, 2.24) is 25.5 Å². The second kappa shape index (κ2) is 10.8. The van der Waals surface area contributed by atoms with Crippen molar-refractivity contribution in [3.63, 3.8) is 0 Å². The lowest BCUT2D eigenvalue weighted by molar-refractivity contribution is -0.122. The van der Waals surface area contributed by atoms with Gasteiger partial charge in [-0.05, 0) is 57.4 Å². The first-order valence-electron chi connectivity index (χ1n) is 9.66. The predicted molar refractivity (Wildman–Crippen MR) is 120 cm³/mol. The highest BCUT2D eigenvalue weighted by Gasteiger charge is 2.16. The Hall–Kier alpha value is -3.34. The van der Waals surface area contributed by atoms with Gasteiger partial charge in [0.1, 0.15) is 6.54 Å². The van der Waals surface area contributed by atoms with Gasteiger partial charge in [-0.1, -0.05) is 6.07 Å². The van der Waals surface area contributed by atoms with Crippen LogP contribution < -0.4 is 24.3 Å². The predicted octanol–water partition coefficient (Wildman–Crippen LogP) is 2.50. The van der Waals surface area contributed by atoms with Crippen molar-refractivity contribution in [3.05, 3.63) is 40.4 Å².